The van der Waals surface area contributed by atoms with Gasteiger partial charge >= 0.3 is 0 Å². The van der Waals surface area contributed by atoms with Gasteiger partial charge in [0.05, 0.1) is 6.20 Å². The summed E-state index contributed by atoms with van der Waals surface area (Å²) in [5.41, 5.74) is 1.15. The lowest BCUT2D eigenvalue weighted by atomic mass is 9.89. The molecular formula is C20H21N7O. The number of hydrogen-bond acceptors (Lipinski definition) is 6. The second-order valence-electron chi connectivity index (χ2n) is 7.25. The van der Waals surface area contributed by atoms with Crippen LogP contribution in [-0.2, 0) is 4.79 Å². The number of rotatable bonds is 3. The van der Waals surface area contributed by atoms with E-state index in [1.165, 1.54) is 0 Å². The summed E-state index contributed by atoms with van der Waals surface area (Å²) in [7, 11) is 1.82. The van der Waals surface area contributed by atoms with Gasteiger partial charge in [0.1, 0.15) is 17.1 Å². The number of amides is 1. The van der Waals surface area contributed by atoms with Crippen LogP contribution in [0.1, 0.15) is 26.2 Å². The average molecular weight is 375 g/mol. The van der Waals surface area contributed by atoms with Gasteiger partial charge in [-0.15, -0.1) is 0 Å². The minimum atomic E-state index is -0.492. The molecule has 0 radical (unpaired) electrons. The van der Waals surface area contributed by atoms with E-state index < -0.39 is 5.54 Å². The van der Waals surface area contributed by atoms with Crippen molar-refractivity contribution >= 4 is 17.4 Å². The molecule has 5 heterocycles. The smallest absolute Gasteiger partial charge is 0.252 e. The van der Waals surface area contributed by atoms with Gasteiger partial charge in [0, 0.05) is 43.9 Å². The van der Waals surface area contributed by atoms with Crippen LogP contribution in [0.5, 0.6) is 0 Å². The summed E-state index contributed by atoms with van der Waals surface area (Å²) >= 11 is 0. The molecule has 0 unspecified atom stereocenters. The lowest BCUT2D eigenvalue weighted by molar-refractivity contribution is -0.123. The van der Waals surface area contributed by atoms with Crippen molar-refractivity contribution in [3.8, 4) is 17.3 Å². The Hall–Kier alpha value is -3.29. The monoisotopic (exact) mass is 375 g/mol. The van der Waals surface area contributed by atoms with Crippen molar-refractivity contribution in [2.24, 2.45) is 0 Å². The summed E-state index contributed by atoms with van der Waals surface area (Å²) in [6.07, 6.45) is 11.4. The molecule has 1 amide bonds. The van der Waals surface area contributed by atoms with Gasteiger partial charge < -0.3 is 9.80 Å². The average Bonchev–Trinajstić information content (AvgIpc) is 3.40. The van der Waals surface area contributed by atoms with E-state index in [-0.39, 0.29) is 5.91 Å². The Morgan fingerprint density at radius 1 is 1.21 bits per heavy atom. The van der Waals surface area contributed by atoms with E-state index in [0.29, 0.717) is 5.95 Å². The predicted molar refractivity (Wildman–Crippen MR) is 105 cm³/mol. The molecule has 0 aromatic carbocycles. The predicted octanol–water partition coefficient (Wildman–Crippen LogP) is 2.45. The molecule has 0 bridgehead atoms. The molecule has 0 spiro atoms. The van der Waals surface area contributed by atoms with E-state index in [2.05, 4.69) is 26.8 Å². The van der Waals surface area contributed by atoms with Crippen molar-refractivity contribution in [1.82, 2.24) is 24.5 Å². The van der Waals surface area contributed by atoms with E-state index in [9.17, 15) is 4.79 Å². The van der Waals surface area contributed by atoms with Crippen molar-refractivity contribution in [2.45, 2.75) is 31.7 Å². The Morgan fingerprint density at radius 3 is 2.89 bits per heavy atom. The molecule has 1 atom stereocenters. The summed E-state index contributed by atoms with van der Waals surface area (Å²) in [5, 5.41) is 0. The molecule has 0 aliphatic carbocycles. The standard InChI is InChI=1S/C20H21N7O/c1-3-20-7-5-10-27(20)17-15(25(2)18(20)28)13-23-19(24-17)26-11-9-22-16(26)14-6-4-8-21-12-14/h4,6,8-9,11-13H,3,5,7,10H2,1-2H3/t20-/m0/s1. The molecule has 3 aromatic rings. The van der Waals surface area contributed by atoms with Gasteiger partial charge in [0.2, 0.25) is 5.95 Å². The molecule has 0 N–H and O–H groups in total. The highest BCUT2D eigenvalue weighted by atomic mass is 16.2. The van der Waals surface area contributed by atoms with Crippen molar-refractivity contribution < 1.29 is 4.79 Å². The van der Waals surface area contributed by atoms with E-state index in [1.54, 1.807) is 29.7 Å². The maximum Gasteiger partial charge on any atom is 0.252 e. The van der Waals surface area contributed by atoms with Crippen molar-refractivity contribution in [3.05, 3.63) is 43.1 Å². The van der Waals surface area contributed by atoms with Crippen molar-refractivity contribution in [2.75, 3.05) is 23.4 Å². The summed E-state index contributed by atoms with van der Waals surface area (Å²) in [6.45, 7) is 2.91. The van der Waals surface area contributed by atoms with Gasteiger partial charge in [0.25, 0.3) is 5.91 Å². The first-order valence-corrected chi connectivity index (χ1v) is 9.52. The number of imidazole rings is 1. The van der Waals surface area contributed by atoms with Gasteiger partial charge in [0.15, 0.2) is 5.82 Å². The van der Waals surface area contributed by atoms with Crippen LogP contribution in [0.15, 0.2) is 43.1 Å². The number of pyridine rings is 1. The second kappa shape index (κ2) is 6.12. The largest absolute Gasteiger partial charge is 0.340 e. The summed E-state index contributed by atoms with van der Waals surface area (Å²) < 4.78 is 1.86. The molecular weight excluding hydrogens is 354 g/mol. The second-order valence-corrected chi connectivity index (χ2v) is 7.25. The minimum Gasteiger partial charge on any atom is -0.340 e. The number of hydrogen-bond donors (Lipinski definition) is 0. The third-order valence-electron chi connectivity index (χ3n) is 5.91. The maximum atomic E-state index is 13.1. The molecule has 1 saturated heterocycles. The zero-order valence-corrected chi connectivity index (χ0v) is 15.9. The van der Waals surface area contributed by atoms with Gasteiger partial charge in [-0.1, -0.05) is 6.92 Å². The molecule has 28 heavy (non-hydrogen) atoms. The third kappa shape index (κ3) is 2.20. The Balaban J connectivity index is 1.65. The Kier molecular flexibility index (Phi) is 3.68. The van der Waals surface area contributed by atoms with Gasteiger partial charge in [-0.05, 0) is 31.4 Å². The lowest BCUT2D eigenvalue weighted by Gasteiger charge is -2.45. The van der Waals surface area contributed by atoms with E-state index in [0.717, 1.165) is 48.7 Å². The van der Waals surface area contributed by atoms with Crippen LogP contribution in [0.25, 0.3) is 17.3 Å². The molecule has 8 nitrogen and oxygen atoms in total. The van der Waals surface area contributed by atoms with Crippen LogP contribution in [0, 0.1) is 0 Å². The SMILES string of the molecule is CC[C@@]12CCCN1c1nc(-n3ccnc3-c3cccnc3)ncc1N(C)C2=O. The summed E-state index contributed by atoms with van der Waals surface area (Å²) in [4.78, 5) is 35.0. The number of aromatic nitrogens is 5. The Labute approximate surface area is 162 Å². The van der Waals surface area contributed by atoms with Crippen LogP contribution in [0.3, 0.4) is 0 Å². The molecule has 1 fully saturated rings. The minimum absolute atomic E-state index is 0.134. The molecule has 142 valence electrons. The summed E-state index contributed by atoms with van der Waals surface area (Å²) in [5.74, 6) is 2.22. The molecule has 2 aliphatic rings. The zero-order valence-electron chi connectivity index (χ0n) is 15.9. The highest BCUT2D eigenvalue weighted by Gasteiger charge is 2.52. The molecule has 0 saturated carbocycles. The van der Waals surface area contributed by atoms with Crippen LogP contribution in [0.4, 0.5) is 11.5 Å². The molecule has 3 aromatic heterocycles. The zero-order chi connectivity index (χ0) is 19.3. The molecule has 2 aliphatic heterocycles. The third-order valence-corrected chi connectivity index (χ3v) is 5.91. The summed E-state index contributed by atoms with van der Waals surface area (Å²) in [6, 6.07) is 3.84. The lowest BCUT2D eigenvalue weighted by Crippen LogP contribution is -2.59. The van der Waals surface area contributed by atoms with Crippen molar-refractivity contribution in [1.29, 1.82) is 0 Å². The Morgan fingerprint density at radius 2 is 2.11 bits per heavy atom. The van der Waals surface area contributed by atoms with Crippen molar-refractivity contribution in [3.63, 3.8) is 0 Å². The molecule has 8 heteroatoms. The number of likely N-dealkylation sites (N-methyl/N-ethyl adjacent to an activating group) is 1. The topological polar surface area (TPSA) is 80.0 Å². The van der Waals surface area contributed by atoms with Crippen LogP contribution >= 0.6 is 0 Å². The normalized spacial score (nSPS) is 21.0. The van der Waals surface area contributed by atoms with Gasteiger partial charge in [-0.2, -0.15) is 4.98 Å². The fourth-order valence-electron chi connectivity index (χ4n) is 4.43. The van der Waals surface area contributed by atoms with Crippen LogP contribution < -0.4 is 9.80 Å². The van der Waals surface area contributed by atoms with Gasteiger partial charge in [-0.25, -0.2) is 9.97 Å². The van der Waals surface area contributed by atoms with Crippen LogP contribution in [-0.4, -0.2) is 49.5 Å². The maximum absolute atomic E-state index is 13.1. The van der Waals surface area contributed by atoms with E-state index >= 15 is 0 Å². The Bertz CT molecular complexity index is 1050. The molecule has 5 rings (SSSR count). The first-order valence-electron chi connectivity index (χ1n) is 9.52. The number of nitrogens with zero attached hydrogens (tertiary/aromatic N) is 7. The number of carbonyl (C=O) groups is 1. The number of anilines is 2. The highest BCUT2D eigenvalue weighted by Crippen LogP contribution is 2.45. The first kappa shape index (κ1) is 16.9. The highest BCUT2D eigenvalue weighted by molar-refractivity contribution is 6.07. The number of carbonyl (C=O) groups excluding carboxylic acids is 1. The first-order chi connectivity index (χ1) is 13.7. The number of fused-ring (bicyclic) bond motifs is 3. The quantitative estimate of drug-likeness (QED) is 0.700. The fourth-order valence-corrected chi connectivity index (χ4v) is 4.43. The van der Waals surface area contributed by atoms with E-state index in [1.807, 2.05) is 29.9 Å². The van der Waals surface area contributed by atoms with Crippen LogP contribution in [0.2, 0.25) is 0 Å². The fraction of sp³-hybridized carbons (Fsp3) is 0.350. The van der Waals surface area contributed by atoms with E-state index in [4.69, 9.17) is 4.98 Å². The van der Waals surface area contributed by atoms with Gasteiger partial charge in [-0.3, -0.25) is 14.3 Å².